The molecule has 2 aromatic rings. The number of carbonyl (C=O) groups excluding carboxylic acids is 1. The maximum atomic E-state index is 12.4. The molecule has 0 spiro atoms. The first kappa shape index (κ1) is 14.4. The molecule has 114 valence electrons. The summed E-state index contributed by atoms with van der Waals surface area (Å²) in [6, 6.07) is 13.5. The molecule has 3 rings (SSSR count). The van der Waals surface area contributed by atoms with Gasteiger partial charge in [0.25, 0.3) is 5.91 Å². The van der Waals surface area contributed by atoms with Gasteiger partial charge in [-0.3, -0.25) is 4.79 Å². The summed E-state index contributed by atoms with van der Waals surface area (Å²) in [7, 11) is 1.58. The first-order chi connectivity index (χ1) is 10.7. The van der Waals surface area contributed by atoms with E-state index in [0.717, 1.165) is 23.3 Å². The molecule has 1 unspecified atom stereocenters. The molecule has 1 aliphatic heterocycles. The molecule has 22 heavy (non-hydrogen) atoms. The number of nitrogens with one attached hydrogen (secondary N) is 1. The number of para-hydroxylation sites is 2. The zero-order valence-electron chi connectivity index (χ0n) is 12.8. The predicted molar refractivity (Wildman–Crippen MR) is 85.5 cm³/mol. The second-order valence-electron chi connectivity index (χ2n) is 5.45. The van der Waals surface area contributed by atoms with E-state index in [1.54, 1.807) is 7.11 Å². The molecule has 0 aliphatic carbocycles. The van der Waals surface area contributed by atoms with E-state index >= 15 is 0 Å². The van der Waals surface area contributed by atoms with E-state index in [4.69, 9.17) is 9.47 Å². The molecule has 0 fully saturated rings. The van der Waals surface area contributed by atoms with Crippen molar-refractivity contribution in [1.29, 1.82) is 0 Å². The van der Waals surface area contributed by atoms with Gasteiger partial charge in [0, 0.05) is 0 Å². The van der Waals surface area contributed by atoms with Crippen LogP contribution in [0.15, 0.2) is 42.5 Å². The van der Waals surface area contributed by atoms with Crippen molar-refractivity contribution in [3.05, 3.63) is 53.6 Å². The fourth-order valence-electron chi connectivity index (χ4n) is 2.62. The first-order valence-corrected chi connectivity index (χ1v) is 7.37. The van der Waals surface area contributed by atoms with Crippen molar-refractivity contribution in [2.75, 3.05) is 12.4 Å². The number of benzene rings is 2. The van der Waals surface area contributed by atoms with Crippen LogP contribution in [0.5, 0.6) is 11.5 Å². The highest BCUT2D eigenvalue weighted by Gasteiger charge is 2.26. The normalized spacial score (nSPS) is 16.4. The summed E-state index contributed by atoms with van der Waals surface area (Å²) in [6.45, 7) is 2.02. The highest BCUT2D eigenvalue weighted by atomic mass is 16.5. The van der Waals surface area contributed by atoms with Gasteiger partial charge in [0.05, 0.1) is 12.8 Å². The number of fused-ring (bicyclic) bond motifs is 1. The van der Waals surface area contributed by atoms with Crippen molar-refractivity contribution in [3.8, 4) is 11.5 Å². The van der Waals surface area contributed by atoms with E-state index in [2.05, 4.69) is 17.4 Å². The van der Waals surface area contributed by atoms with Crippen molar-refractivity contribution in [2.24, 2.45) is 0 Å². The van der Waals surface area contributed by atoms with Crippen molar-refractivity contribution < 1.29 is 14.3 Å². The van der Waals surface area contributed by atoms with Gasteiger partial charge in [-0.2, -0.15) is 0 Å². The molecule has 0 radical (unpaired) electrons. The van der Waals surface area contributed by atoms with Gasteiger partial charge < -0.3 is 14.8 Å². The molecule has 0 saturated carbocycles. The van der Waals surface area contributed by atoms with Crippen LogP contribution in [0.3, 0.4) is 0 Å². The Hall–Kier alpha value is -2.49. The molecule has 4 heteroatoms. The van der Waals surface area contributed by atoms with Crippen LogP contribution < -0.4 is 14.8 Å². The first-order valence-electron chi connectivity index (χ1n) is 7.37. The SMILES string of the molecule is COc1ccccc1NC(=O)C1CCc2ccc(C)cc2O1. The molecule has 1 aliphatic rings. The summed E-state index contributed by atoms with van der Waals surface area (Å²) < 4.78 is 11.1. The smallest absolute Gasteiger partial charge is 0.265 e. The van der Waals surface area contributed by atoms with Crippen molar-refractivity contribution in [2.45, 2.75) is 25.9 Å². The van der Waals surface area contributed by atoms with Crippen LogP contribution in [-0.4, -0.2) is 19.1 Å². The third kappa shape index (κ3) is 2.91. The second kappa shape index (κ2) is 6.10. The van der Waals surface area contributed by atoms with Gasteiger partial charge >= 0.3 is 0 Å². The minimum Gasteiger partial charge on any atom is -0.495 e. The van der Waals surface area contributed by atoms with Gasteiger partial charge in [0.2, 0.25) is 0 Å². The lowest BCUT2D eigenvalue weighted by molar-refractivity contribution is -0.123. The minimum atomic E-state index is -0.473. The molecular formula is C18H19NO3. The van der Waals surface area contributed by atoms with Crippen LogP contribution in [0.25, 0.3) is 0 Å². The number of anilines is 1. The molecule has 0 bridgehead atoms. The molecular weight excluding hydrogens is 278 g/mol. The number of aryl methyl sites for hydroxylation is 2. The lowest BCUT2D eigenvalue weighted by Gasteiger charge is -2.25. The zero-order valence-corrected chi connectivity index (χ0v) is 12.8. The van der Waals surface area contributed by atoms with Gasteiger partial charge in [-0.25, -0.2) is 0 Å². The number of amides is 1. The summed E-state index contributed by atoms with van der Waals surface area (Å²) in [5.74, 6) is 1.31. The van der Waals surface area contributed by atoms with Crippen LogP contribution >= 0.6 is 0 Å². The Labute approximate surface area is 130 Å². The van der Waals surface area contributed by atoms with Crippen molar-refractivity contribution >= 4 is 11.6 Å². The topological polar surface area (TPSA) is 47.6 Å². The standard InChI is InChI=1S/C18H19NO3/c1-12-7-8-13-9-10-16(22-17(13)11-12)18(20)19-14-5-3-4-6-15(14)21-2/h3-8,11,16H,9-10H2,1-2H3,(H,19,20). The van der Waals surface area contributed by atoms with Crippen LogP contribution in [0.4, 0.5) is 5.69 Å². The Bertz CT molecular complexity index is 696. The summed E-state index contributed by atoms with van der Waals surface area (Å²) in [5, 5.41) is 2.89. The average Bonchev–Trinajstić information content (AvgIpc) is 2.54. The molecule has 1 atom stereocenters. The van der Waals surface area contributed by atoms with Gasteiger partial charge in [0.1, 0.15) is 11.5 Å². The van der Waals surface area contributed by atoms with Gasteiger partial charge in [-0.15, -0.1) is 0 Å². The average molecular weight is 297 g/mol. The molecule has 1 amide bonds. The molecule has 1 N–H and O–H groups in total. The number of ether oxygens (including phenoxy) is 2. The van der Waals surface area contributed by atoms with Crippen molar-refractivity contribution in [3.63, 3.8) is 0 Å². The summed E-state index contributed by atoms with van der Waals surface area (Å²) in [5.41, 5.74) is 2.95. The molecule has 4 nitrogen and oxygen atoms in total. The fraction of sp³-hybridized carbons (Fsp3) is 0.278. The Kier molecular flexibility index (Phi) is 4.00. The predicted octanol–water partition coefficient (Wildman–Crippen LogP) is 3.34. The lowest BCUT2D eigenvalue weighted by atomic mass is 10.0. The summed E-state index contributed by atoms with van der Waals surface area (Å²) >= 11 is 0. The monoisotopic (exact) mass is 297 g/mol. The quantitative estimate of drug-likeness (QED) is 0.945. The van der Waals surface area contributed by atoms with Gasteiger partial charge in [0.15, 0.2) is 6.10 Å². The number of rotatable bonds is 3. The van der Waals surface area contributed by atoms with E-state index in [0.29, 0.717) is 17.9 Å². The Morgan fingerprint density at radius 3 is 2.91 bits per heavy atom. The molecule has 0 aromatic heterocycles. The highest BCUT2D eigenvalue weighted by molar-refractivity contribution is 5.95. The zero-order chi connectivity index (χ0) is 15.5. The molecule has 2 aromatic carbocycles. The Morgan fingerprint density at radius 2 is 2.09 bits per heavy atom. The second-order valence-corrected chi connectivity index (χ2v) is 5.45. The van der Waals surface area contributed by atoms with E-state index in [1.807, 2.05) is 37.3 Å². The van der Waals surface area contributed by atoms with Crippen LogP contribution in [0, 0.1) is 6.92 Å². The maximum absolute atomic E-state index is 12.4. The third-order valence-electron chi connectivity index (χ3n) is 3.83. The van der Waals surface area contributed by atoms with E-state index in [-0.39, 0.29) is 5.91 Å². The van der Waals surface area contributed by atoms with Gasteiger partial charge in [-0.05, 0) is 49.1 Å². The maximum Gasteiger partial charge on any atom is 0.265 e. The number of carbonyl (C=O) groups is 1. The molecule has 0 saturated heterocycles. The van der Waals surface area contributed by atoms with Crippen LogP contribution in [0.1, 0.15) is 17.5 Å². The Balaban J connectivity index is 1.74. The lowest BCUT2D eigenvalue weighted by Crippen LogP contribution is -2.35. The van der Waals surface area contributed by atoms with Gasteiger partial charge in [-0.1, -0.05) is 24.3 Å². The number of hydrogen-bond donors (Lipinski definition) is 1. The van der Waals surface area contributed by atoms with E-state index < -0.39 is 6.10 Å². The largest absolute Gasteiger partial charge is 0.495 e. The van der Waals surface area contributed by atoms with Crippen LogP contribution in [-0.2, 0) is 11.2 Å². The number of methoxy groups -OCH3 is 1. The minimum absolute atomic E-state index is 0.142. The van der Waals surface area contributed by atoms with E-state index in [9.17, 15) is 4.79 Å². The van der Waals surface area contributed by atoms with E-state index in [1.165, 1.54) is 0 Å². The molecule has 1 heterocycles. The van der Waals surface area contributed by atoms with Crippen molar-refractivity contribution in [1.82, 2.24) is 0 Å². The summed E-state index contributed by atoms with van der Waals surface area (Å²) in [4.78, 5) is 12.4. The Morgan fingerprint density at radius 1 is 1.27 bits per heavy atom. The third-order valence-corrected chi connectivity index (χ3v) is 3.83. The fourth-order valence-corrected chi connectivity index (χ4v) is 2.62. The number of hydrogen-bond acceptors (Lipinski definition) is 3. The summed E-state index contributed by atoms with van der Waals surface area (Å²) in [6.07, 6.45) is 1.05. The highest BCUT2D eigenvalue weighted by Crippen LogP contribution is 2.30. The van der Waals surface area contributed by atoms with Crippen LogP contribution in [0.2, 0.25) is 0 Å².